The van der Waals surface area contributed by atoms with Gasteiger partial charge in [0, 0.05) is 36.9 Å². The van der Waals surface area contributed by atoms with Crippen molar-refractivity contribution in [2.45, 2.75) is 0 Å². The predicted octanol–water partition coefficient (Wildman–Crippen LogP) is 2.01. The molecule has 2 rings (SSSR count). The molecule has 1 aliphatic heterocycles. The molecule has 1 aromatic rings. The van der Waals surface area contributed by atoms with Crippen LogP contribution < -0.4 is 10.6 Å². The molecular formula is C14H18ClFN4. The van der Waals surface area contributed by atoms with Crippen LogP contribution in [0.3, 0.4) is 0 Å². The molecule has 2 N–H and O–H groups in total. The Hall–Kier alpha value is -1.75. The Morgan fingerprint density at radius 3 is 2.40 bits per heavy atom. The Balaban J connectivity index is 1.90. The van der Waals surface area contributed by atoms with Gasteiger partial charge in [-0.2, -0.15) is 0 Å². The first-order valence-corrected chi connectivity index (χ1v) is 6.83. The Kier molecular flexibility index (Phi) is 4.84. The van der Waals surface area contributed by atoms with Gasteiger partial charge >= 0.3 is 0 Å². The van der Waals surface area contributed by atoms with E-state index < -0.39 is 0 Å². The molecule has 0 aromatic heterocycles. The zero-order valence-corrected chi connectivity index (χ0v) is 12.0. The minimum atomic E-state index is -0.218. The molecule has 0 spiro atoms. The van der Waals surface area contributed by atoms with Crippen molar-refractivity contribution in [2.24, 2.45) is 10.7 Å². The largest absolute Gasteiger partial charge is 0.370 e. The summed E-state index contributed by atoms with van der Waals surface area (Å²) in [6, 6.07) is 6.53. The Morgan fingerprint density at radius 2 is 1.85 bits per heavy atom. The number of anilines is 1. The van der Waals surface area contributed by atoms with Crippen LogP contribution in [-0.2, 0) is 0 Å². The summed E-state index contributed by atoms with van der Waals surface area (Å²) in [4.78, 5) is 8.39. The molecule has 1 aliphatic rings. The topological polar surface area (TPSA) is 44.9 Å². The van der Waals surface area contributed by atoms with E-state index in [0.29, 0.717) is 17.5 Å². The van der Waals surface area contributed by atoms with Crippen molar-refractivity contribution >= 4 is 23.2 Å². The van der Waals surface area contributed by atoms with Crippen LogP contribution >= 0.6 is 11.6 Å². The fourth-order valence-corrected chi connectivity index (χ4v) is 2.17. The third-order valence-electron chi connectivity index (χ3n) is 3.21. The second kappa shape index (κ2) is 6.61. The van der Waals surface area contributed by atoms with Crippen molar-refractivity contribution in [3.63, 3.8) is 0 Å². The number of piperazine rings is 1. The number of nitrogens with two attached hydrogens (primary N) is 1. The molecule has 20 heavy (non-hydrogen) atoms. The van der Waals surface area contributed by atoms with E-state index in [1.807, 2.05) is 4.90 Å². The maximum atomic E-state index is 12.9. The van der Waals surface area contributed by atoms with Gasteiger partial charge < -0.3 is 15.5 Å². The quantitative estimate of drug-likeness (QED) is 0.685. The van der Waals surface area contributed by atoms with Crippen LogP contribution in [0.25, 0.3) is 0 Å². The van der Waals surface area contributed by atoms with E-state index in [2.05, 4.69) is 16.5 Å². The summed E-state index contributed by atoms with van der Waals surface area (Å²) >= 11 is 5.66. The number of nitrogens with zero attached hydrogens (tertiary/aromatic N) is 3. The van der Waals surface area contributed by atoms with E-state index in [-0.39, 0.29) is 5.82 Å². The van der Waals surface area contributed by atoms with E-state index in [1.54, 1.807) is 12.1 Å². The summed E-state index contributed by atoms with van der Waals surface area (Å²) in [5, 5.41) is 0.470. The van der Waals surface area contributed by atoms with Crippen molar-refractivity contribution in [1.29, 1.82) is 0 Å². The minimum Gasteiger partial charge on any atom is -0.370 e. The van der Waals surface area contributed by atoms with Crippen molar-refractivity contribution in [3.05, 3.63) is 41.7 Å². The van der Waals surface area contributed by atoms with Gasteiger partial charge in [-0.1, -0.05) is 18.2 Å². The summed E-state index contributed by atoms with van der Waals surface area (Å²) in [6.45, 7) is 7.12. The van der Waals surface area contributed by atoms with Crippen LogP contribution in [0.5, 0.6) is 0 Å². The highest BCUT2D eigenvalue weighted by molar-refractivity contribution is 6.29. The second-order valence-electron chi connectivity index (χ2n) is 4.64. The lowest BCUT2D eigenvalue weighted by atomic mass is 10.2. The maximum Gasteiger partial charge on any atom is 0.191 e. The Morgan fingerprint density at radius 1 is 1.25 bits per heavy atom. The third-order valence-corrected chi connectivity index (χ3v) is 3.33. The molecule has 1 heterocycles. The van der Waals surface area contributed by atoms with Gasteiger partial charge in [0.1, 0.15) is 5.82 Å². The van der Waals surface area contributed by atoms with Gasteiger partial charge in [-0.15, -0.1) is 0 Å². The van der Waals surface area contributed by atoms with Crippen LogP contribution in [0.2, 0.25) is 0 Å². The van der Waals surface area contributed by atoms with Crippen LogP contribution in [0.15, 0.2) is 40.9 Å². The van der Waals surface area contributed by atoms with Gasteiger partial charge in [0.15, 0.2) is 5.96 Å². The number of halogens is 2. The molecule has 0 aliphatic carbocycles. The normalized spacial score (nSPS) is 16.4. The molecule has 1 saturated heterocycles. The zero-order chi connectivity index (χ0) is 14.5. The van der Waals surface area contributed by atoms with E-state index >= 15 is 0 Å². The lowest BCUT2D eigenvalue weighted by Crippen LogP contribution is -2.51. The highest BCUT2D eigenvalue weighted by Gasteiger charge is 2.18. The molecule has 1 aromatic carbocycles. The number of rotatable bonds is 3. The van der Waals surface area contributed by atoms with Crippen LogP contribution in [0.4, 0.5) is 10.1 Å². The molecule has 108 valence electrons. The van der Waals surface area contributed by atoms with E-state index in [1.165, 1.54) is 12.1 Å². The maximum absolute atomic E-state index is 12.9. The monoisotopic (exact) mass is 296 g/mol. The SMILES string of the molecule is C=C(Cl)CN=C(N)N1CCN(c2ccc(F)cc2)CC1. The van der Waals surface area contributed by atoms with E-state index in [4.69, 9.17) is 17.3 Å². The first-order valence-electron chi connectivity index (χ1n) is 6.45. The summed E-state index contributed by atoms with van der Waals surface area (Å²) in [5.74, 6) is 0.274. The predicted molar refractivity (Wildman–Crippen MR) is 81.7 cm³/mol. The average Bonchev–Trinajstić information content (AvgIpc) is 2.46. The molecule has 0 bridgehead atoms. The van der Waals surface area contributed by atoms with Crippen LogP contribution in [0.1, 0.15) is 0 Å². The molecule has 0 radical (unpaired) electrons. The van der Waals surface area contributed by atoms with Crippen LogP contribution in [-0.4, -0.2) is 43.6 Å². The number of aliphatic imine (C=N–C) groups is 1. The first-order chi connectivity index (χ1) is 9.56. The molecule has 0 atom stereocenters. The third kappa shape index (κ3) is 3.87. The summed E-state index contributed by atoms with van der Waals surface area (Å²) in [7, 11) is 0. The van der Waals surface area contributed by atoms with Crippen molar-refractivity contribution in [3.8, 4) is 0 Å². The van der Waals surface area contributed by atoms with Gasteiger partial charge in [0.05, 0.1) is 6.54 Å². The highest BCUT2D eigenvalue weighted by atomic mass is 35.5. The molecule has 0 saturated carbocycles. The van der Waals surface area contributed by atoms with Crippen molar-refractivity contribution in [1.82, 2.24) is 4.90 Å². The number of hydrogen-bond donors (Lipinski definition) is 1. The van der Waals surface area contributed by atoms with Crippen molar-refractivity contribution < 1.29 is 4.39 Å². The summed E-state index contributed by atoms with van der Waals surface area (Å²) in [6.07, 6.45) is 0. The second-order valence-corrected chi connectivity index (χ2v) is 5.18. The molecule has 1 fully saturated rings. The lowest BCUT2D eigenvalue weighted by molar-refractivity contribution is 0.381. The van der Waals surface area contributed by atoms with Gasteiger partial charge in [-0.05, 0) is 24.3 Å². The molecule has 0 unspecified atom stereocenters. The van der Waals surface area contributed by atoms with E-state index in [0.717, 1.165) is 31.9 Å². The molecule has 6 heteroatoms. The van der Waals surface area contributed by atoms with Gasteiger partial charge in [-0.3, -0.25) is 0 Å². The Bertz CT molecular complexity index is 492. The van der Waals surface area contributed by atoms with Gasteiger partial charge in [0.2, 0.25) is 0 Å². The highest BCUT2D eigenvalue weighted by Crippen LogP contribution is 2.16. The lowest BCUT2D eigenvalue weighted by Gasteiger charge is -2.36. The van der Waals surface area contributed by atoms with Crippen molar-refractivity contribution in [2.75, 3.05) is 37.6 Å². The van der Waals surface area contributed by atoms with Gasteiger partial charge in [0.25, 0.3) is 0 Å². The number of guanidine groups is 1. The first kappa shape index (κ1) is 14.7. The summed E-state index contributed by atoms with van der Waals surface area (Å²) < 4.78 is 12.9. The van der Waals surface area contributed by atoms with E-state index in [9.17, 15) is 4.39 Å². The fourth-order valence-electron chi connectivity index (χ4n) is 2.11. The smallest absolute Gasteiger partial charge is 0.191 e. The molecule has 4 nitrogen and oxygen atoms in total. The van der Waals surface area contributed by atoms with Crippen LogP contribution in [0, 0.1) is 5.82 Å². The fraction of sp³-hybridized carbons (Fsp3) is 0.357. The number of hydrogen-bond acceptors (Lipinski definition) is 2. The standard InChI is InChI=1S/C14H18ClFN4/c1-11(15)10-18-14(17)20-8-6-19(7-9-20)13-4-2-12(16)3-5-13/h2-5H,1,6-10H2,(H2,17,18). The zero-order valence-electron chi connectivity index (χ0n) is 11.2. The molecule has 0 amide bonds. The number of benzene rings is 1. The molecular weight excluding hydrogens is 279 g/mol. The Labute approximate surface area is 123 Å². The summed E-state index contributed by atoms with van der Waals surface area (Å²) in [5.41, 5.74) is 6.93. The minimum absolute atomic E-state index is 0.218. The van der Waals surface area contributed by atoms with Gasteiger partial charge in [-0.25, -0.2) is 9.38 Å². The average molecular weight is 297 g/mol.